The van der Waals surface area contributed by atoms with Crippen LogP contribution in [-0.4, -0.2) is 10.7 Å². The normalized spacial score (nSPS) is 12.1. The summed E-state index contributed by atoms with van der Waals surface area (Å²) in [7, 11) is 0.949. The number of fused-ring (bicyclic) bond motifs is 3. The largest absolute Gasteiger partial charge is 0.341 e. The molecule has 0 fully saturated rings. The number of para-hydroxylation sites is 1. The van der Waals surface area contributed by atoms with Crippen LogP contribution in [0.5, 0.6) is 0 Å². The van der Waals surface area contributed by atoms with Gasteiger partial charge in [-0.3, -0.25) is 0 Å². The van der Waals surface area contributed by atoms with E-state index in [1.54, 1.807) is 0 Å². The highest BCUT2D eigenvalue weighted by Crippen LogP contribution is 2.29. The molecule has 1 unspecified atom stereocenters. The van der Waals surface area contributed by atoms with Gasteiger partial charge in [-0.05, 0) is 43.0 Å². The average molecular weight is 297 g/mol. The van der Waals surface area contributed by atoms with E-state index in [1.165, 1.54) is 52.5 Å². The first kappa shape index (κ1) is 14.6. The molecule has 3 rings (SSSR count). The van der Waals surface area contributed by atoms with Gasteiger partial charge in [0.05, 0.1) is 0 Å². The Morgan fingerprint density at radius 3 is 2.52 bits per heavy atom. The molecule has 0 saturated carbocycles. The summed E-state index contributed by atoms with van der Waals surface area (Å²) >= 11 is 0. The summed E-state index contributed by atoms with van der Waals surface area (Å²) in [6.45, 7) is 5.53. The molecule has 1 heterocycles. The van der Waals surface area contributed by atoms with Crippen molar-refractivity contribution in [2.24, 2.45) is 0 Å². The fourth-order valence-corrected chi connectivity index (χ4v) is 4.28. The van der Waals surface area contributed by atoms with Gasteiger partial charge >= 0.3 is 0 Å². The van der Waals surface area contributed by atoms with Crippen molar-refractivity contribution < 1.29 is 0 Å². The van der Waals surface area contributed by atoms with Gasteiger partial charge in [0.2, 0.25) is 0 Å². The van der Waals surface area contributed by atoms with Gasteiger partial charge in [-0.15, -0.1) is 0 Å². The molecular weight excluding hydrogens is 273 g/mol. The van der Waals surface area contributed by atoms with Crippen molar-refractivity contribution in [1.29, 1.82) is 0 Å². The van der Waals surface area contributed by atoms with Gasteiger partial charge in [-0.25, -0.2) is 0 Å². The lowest BCUT2D eigenvalue weighted by molar-refractivity contribution is 0.778. The second-order valence-electron chi connectivity index (χ2n) is 5.63. The highest BCUT2D eigenvalue weighted by molar-refractivity contribution is 7.47. The number of aromatic nitrogens is 1. The fraction of sp³-hybridized carbons (Fsp3) is 0.368. The first-order chi connectivity index (χ1) is 10.3. The monoisotopic (exact) mass is 297 g/mol. The van der Waals surface area contributed by atoms with E-state index in [1.807, 2.05) is 0 Å². The van der Waals surface area contributed by atoms with E-state index < -0.39 is 0 Å². The third kappa shape index (κ3) is 2.85. The van der Waals surface area contributed by atoms with Gasteiger partial charge in [-0.1, -0.05) is 52.6 Å². The summed E-state index contributed by atoms with van der Waals surface area (Å²) in [6.07, 6.45) is 5.38. The van der Waals surface area contributed by atoms with Crippen LogP contribution in [0.4, 0.5) is 0 Å². The quantitative estimate of drug-likeness (QED) is 0.429. The second kappa shape index (κ2) is 6.62. The highest BCUT2D eigenvalue weighted by atomic mass is 31.1. The third-order valence-corrected chi connectivity index (χ3v) is 5.52. The van der Waals surface area contributed by atoms with E-state index in [0.717, 1.165) is 15.1 Å². The molecule has 0 aliphatic carbocycles. The van der Waals surface area contributed by atoms with Gasteiger partial charge in [0.1, 0.15) is 0 Å². The van der Waals surface area contributed by atoms with Crippen molar-refractivity contribution in [2.75, 3.05) is 6.16 Å². The van der Waals surface area contributed by atoms with Crippen LogP contribution in [0.25, 0.3) is 21.8 Å². The van der Waals surface area contributed by atoms with Gasteiger partial charge in [0.25, 0.3) is 0 Å². The lowest BCUT2D eigenvalue weighted by atomic mass is 10.1. The predicted molar refractivity (Wildman–Crippen MR) is 97.5 cm³/mol. The number of hydrogen-bond donors (Lipinski definition) is 0. The van der Waals surface area contributed by atoms with Gasteiger partial charge in [0, 0.05) is 28.4 Å². The van der Waals surface area contributed by atoms with Crippen LogP contribution < -0.4 is 5.30 Å². The van der Waals surface area contributed by atoms with Crippen LogP contribution in [0.15, 0.2) is 42.5 Å². The molecule has 3 aromatic rings. The number of aryl methyl sites for hydroxylation is 1. The molecule has 2 heteroatoms. The van der Waals surface area contributed by atoms with Gasteiger partial charge < -0.3 is 4.57 Å². The Kier molecular flexibility index (Phi) is 4.60. The smallest absolute Gasteiger partial charge is 0.0491 e. The van der Waals surface area contributed by atoms with Crippen molar-refractivity contribution in [3.8, 4) is 0 Å². The second-order valence-corrected chi connectivity index (χ2v) is 7.06. The number of benzene rings is 2. The maximum atomic E-state index is 2.43. The Labute approximate surface area is 129 Å². The van der Waals surface area contributed by atoms with Crippen molar-refractivity contribution in [3.05, 3.63) is 42.5 Å². The Balaban J connectivity index is 1.99. The van der Waals surface area contributed by atoms with Crippen LogP contribution in [0.2, 0.25) is 0 Å². The van der Waals surface area contributed by atoms with Crippen molar-refractivity contribution >= 4 is 35.7 Å². The maximum Gasteiger partial charge on any atom is 0.0491 e. The molecule has 0 aliphatic rings. The van der Waals surface area contributed by atoms with E-state index in [4.69, 9.17) is 0 Å². The molecule has 0 aliphatic heterocycles. The molecule has 0 N–H and O–H groups in total. The zero-order valence-electron chi connectivity index (χ0n) is 13.0. The van der Waals surface area contributed by atoms with E-state index in [9.17, 15) is 0 Å². The molecule has 0 spiro atoms. The first-order valence-corrected chi connectivity index (χ1v) is 9.30. The first-order valence-electron chi connectivity index (χ1n) is 8.10. The minimum Gasteiger partial charge on any atom is -0.341 e. The molecule has 1 atom stereocenters. The molecule has 21 heavy (non-hydrogen) atoms. The van der Waals surface area contributed by atoms with E-state index in [2.05, 4.69) is 60.9 Å². The maximum absolute atomic E-state index is 2.43. The Morgan fingerprint density at radius 1 is 0.905 bits per heavy atom. The summed E-state index contributed by atoms with van der Waals surface area (Å²) in [5.41, 5.74) is 2.74. The van der Waals surface area contributed by atoms with Crippen molar-refractivity contribution in [3.63, 3.8) is 0 Å². The average Bonchev–Trinajstić information content (AvgIpc) is 2.85. The predicted octanol–water partition coefficient (Wildman–Crippen LogP) is 5.31. The zero-order valence-corrected chi connectivity index (χ0v) is 14.0. The molecule has 110 valence electrons. The number of nitrogens with zero attached hydrogens (tertiary/aromatic N) is 1. The SMILES string of the molecule is CCCCCPc1ccc2c(c1)c1ccccc1n2CC. The summed E-state index contributed by atoms with van der Waals surface area (Å²) < 4.78 is 2.43. The van der Waals surface area contributed by atoms with E-state index in [-0.39, 0.29) is 0 Å². The summed E-state index contributed by atoms with van der Waals surface area (Å²) in [5.74, 6) is 0. The van der Waals surface area contributed by atoms with Gasteiger partial charge in [-0.2, -0.15) is 0 Å². The number of unbranched alkanes of at least 4 members (excludes halogenated alkanes) is 2. The number of hydrogen-bond acceptors (Lipinski definition) is 0. The molecule has 0 amide bonds. The van der Waals surface area contributed by atoms with Crippen LogP contribution in [0, 0.1) is 0 Å². The summed E-state index contributed by atoms with van der Waals surface area (Å²) in [4.78, 5) is 0. The molecule has 0 radical (unpaired) electrons. The van der Waals surface area contributed by atoms with Crippen LogP contribution in [-0.2, 0) is 6.54 Å². The molecule has 1 aromatic heterocycles. The molecule has 0 bridgehead atoms. The van der Waals surface area contributed by atoms with Crippen LogP contribution in [0.1, 0.15) is 33.1 Å². The Morgan fingerprint density at radius 2 is 1.71 bits per heavy atom. The van der Waals surface area contributed by atoms with Crippen LogP contribution >= 0.6 is 8.58 Å². The topological polar surface area (TPSA) is 4.93 Å². The minimum absolute atomic E-state index is 0.949. The zero-order chi connectivity index (χ0) is 14.7. The number of rotatable bonds is 6. The summed E-state index contributed by atoms with van der Waals surface area (Å²) in [5, 5.41) is 4.33. The molecule has 0 saturated heterocycles. The minimum atomic E-state index is 0.949. The van der Waals surface area contributed by atoms with Crippen molar-refractivity contribution in [1.82, 2.24) is 4.57 Å². The third-order valence-electron chi connectivity index (χ3n) is 4.20. The van der Waals surface area contributed by atoms with Crippen LogP contribution in [0.3, 0.4) is 0 Å². The Bertz CT molecular complexity index is 742. The highest BCUT2D eigenvalue weighted by Gasteiger charge is 2.09. The summed E-state index contributed by atoms with van der Waals surface area (Å²) in [6, 6.07) is 15.9. The molecule has 2 aromatic carbocycles. The Hall–Kier alpha value is -1.33. The fourth-order valence-electron chi connectivity index (χ4n) is 3.11. The van der Waals surface area contributed by atoms with E-state index in [0.29, 0.717) is 0 Å². The van der Waals surface area contributed by atoms with E-state index >= 15 is 0 Å². The van der Waals surface area contributed by atoms with Gasteiger partial charge in [0.15, 0.2) is 0 Å². The van der Waals surface area contributed by atoms with Crippen molar-refractivity contribution in [2.45, 2.75) is 39.7 Å². The lowest BCUT2D eigenvalue weighted by Gasteiger charge is -2.04. The molecule has 1 nitrogen and oxygen atoms in total. The standard InChI is InChI=1S/C19H24NP/c1-3-5-8-13-21-15-11-12-19-17(14-15)16-9-6-7-10-18(16)20(19)4-2/h6-7,9-12,14,21H,3-5,8,13H2,1-2H3. The lowest BCUT2D eigenvalue weighted by Crippen LogP contribution is -1.97. The molecular formula is C19H24NP.